The van der Waals surface area contributed by atoms with Gasteiger partial charge in [-0.05, 0) is 36.8 Å². The Bertz CT molecular complexity index is 735. The minimum absolute atomic E-state index is 0.127. The zero-order valence-electron chi connectivity index (χ0n) is 13.5. The summed E-state index contributed by atoms with van der Waals surface area (Å²) < 4.78 is 48.4. The number of benzene rings is 1. The molecule has 0 atom stereocenters. The Hall–Kier alpha value is -1.77. The summed E-state index contributed by atoms with van der Waals surface area (Å²) in [5.41, 5.74) is -0.0648. The van der Waals surface area contributed by atoms with Gasteiger partial charge in [0.1, 0.15) is 5.69 Å². The number of hydrogen-bond donors (Lipinski definition) is 0. The van der Waals surface area contributed by atoms with Gasteiger partial charge in [-0.3, -0.25) is 10.1 Å². The second-order valence-corrected chi connectivity index (χ2v) is 8.64. The summed E-state index contributed by atoms with van der Waals surface area (Å²) in [7, 11) is -4.86. The molecule has 6 nitrogen and oxygen atoms in total. The van der Waals surface area contributed by atoms with E-state index in [1.54, 1.807) is 0 Å². The fraction of sp³-hybridized carbons (Fsp3) is 0.600. The summed E-state index contributed by atoms with van der Waals surface area (Å²) >= 11 is 0. The molecule has 0 unspecified atom stereocenters. The van der Waals surface area contributed by atoms with Gasteiger partial charge in [0.15, 0.2) is 0 Å². The first-order chi connectivity index (χ1) is 11.0. The molecule has 0 N–H and O–H groups in total. The largest absolute Gasteiger partial charge is 0.366 e. The lowest BCUT2D eigenvalue weighted by Gasteiger charge is -2.24. The summed E-state index contributed by atoms with van der Waals surface area (Å²) in [6.45, 7) is 5.45. The first-order valence-corrected chi connectivity index (χ1v) is 9.15. The minimum Gasteiger partial charge on any atom is -0.366 e. The van der Waals surface area contributed by atoms with Crippen LogP contribution in [-0.2, 0) is 9.84 Å². The second kappa shape index (κ2) is 6.62. The Labute approximate surface area is 139 Å². The van der Waals surface area contributed by atoms with Crippen LogP contribution in [-0.4, -0.2) is 32.2 Å². The molecule has 0 amide bonds. The molecule has 0 aromatic heterocycles. The second-order valence-electron chi connectivity index (χ2n) is 6.72. The molecule has 1 aromatic carbocycles. The number of hydrogen-bond acceptors (Lipinski definition) is 5. The predicted molar refractivity (Wildman–Crippen MR) is 86.1 cm³/mol. The van der Waals surface area contributed by atoms with Crippen molar-refractivity contribution in [1.29, 1.82) is 0 Å². The maximum Gasteiger partial charge on any atom is 0.341 e. The Kier molecular flexibility index (Phi) is 5.12. The molecule has 1 aliphatic heterocycles. The van der Waals surface area contributed by atoms with E-state index < -0.39 is 31.1 Å². The van der Waals surface area contributed by atoms with Crippen LogP contribution in [0.4, 0.5) is 20.2 Å². The van der Waals surface area contributed by atoms with E-state index in [0.717, 1.165) is 31.4 Å². The summed E-state index contributed by atoms with van der Waals surface area (Å²) in [6, 6.07) is 3.00. The molecule has 1 aliphatic rings. The fourth-order valence-electron chi connectivity index (χ4n) is 2.86. The molecular weight excluding hydrogens is 342 g/mol. The summed E-state index contributed by atoms with van der Waals surface area (Å²) in [4.78, 5) is 11.7. The van der Waals surface area contributed by atoms with Gasteiger partial charge in [-0.25, -0.2) is 8.42 Å². The Morgan fingerprint density at radius 1 is 1.25 bits per heavy atom. The molecule has 1 heterocycles. The average Bonchev–Trinajstić information content (AvgIpc) is 2.67. The fourth-order valence-corrected chi connectivity index (χ4v) is 3.60. The zero-order valence-corrected chi connectivity index (χ0v) is 14.4. The van der Waals surface area contributed by atoms with Crippen LogP contribution >= 0.6 is 0 Å². The summed E-state index contributed by atoms with van der Waals surface area (Å²) in [6.07, 6.45) is 2.66. The molecule has 0 bridgehead atoms. The van der Waals surface area contributed by atoms with Crippen molar-refractivity contribution in [2.24, 2.45) is 5.41 Å². The first-order valence-electron chi connectivity index (χ1n) is 7.60. The topological polar surface area (TPSA) is 80.5 Å². The molecule has 0 radical (unpaired) electrons. The molecule has 1 aromatic rings. The van der Waals surface area contributed by atoms with E-state index in [2.05, 4.69) is 13.8 Å². The SMILES string of the molecule is CC1(C)CCCN(c2ccc(S(=O)(=O)C(F)F)cc2[N+](=O)[O-])CC1. The maximum atomic E-state index is 12.7. The van der Waals surface area contributed by atoms with Crippen molar-refractivity contribution in [3.63, 3.8) is 0 Å². The number of rotatable bonds is 4. The van der Waals surface area contributed by atoms with Crippen LogP contribution in [0.3, 0.4) is 0 Å². The molecule has 0 spiro atoms. The molecule has 9 heteroatoms. The van der Waals surface area contributed by atoms with Crippen LogP contribution < -0.4 is 4.90 Å². The Morgan fingerprint density at radius 2 is 1.92 bits per heavy atom. The highest BCUT2D eigenvalue weighted by atomic mass is 32.2. The van der Waals surface area contributed by atoms with Crippen LogP contribution in [0.25, 0.3) is 0 Å². The third-order valence-electron chi connectivity index (χ3n) is 4.39. The maximum absolute atomic E-state index is 12.7. The van der Waals surface area contributed by atoms with Crippen molar-refractivity contribution < 1.29 is 22.1 Å². The van der Waals surface area contributed by atoms with Crippen molar-refractivity contribution >= 4 is 21.2 Å². The highest BCUT2D eigenvalue weighted by molar-refractivity contribution is 7.91. The van der Waals surface area contributed by atoms with Crippen LogP contribution in [0.2, 0.25) is 0 Å². The lowest BCUT2D eigenvalue weighted by Crippen LogP contribution is -2.26. The molecule has 2 rings (SSSR count). The van der Waals surface area contributed by atoms with E-state index in [-0.39, 0.29) is 11.1 Å². The highest BCUT2D eigenvalue weighted by Crippen LogP contribution is 2.36. The molecule has 24 heavy (non-hydrogen) atoms. The van der Waals surface area contributed by atoms with Gasteiger partial charge >= 0.3 is 5.76 Å². The van der Waals surface area contributed by atoms with Gasteiger partial charge in [0.05, 0.1) is 9.82 Å². The van der Waals surface area contributed by atoms with Gasteiger partial charge in [0.2, 0.25) is 9.84 Å². The number of anilines is 1. The van der Waals surface area contributed by atoms with Crippen LogP contribution in [0.15, 0.2) is 23.1 Å². The molecule has 134 valence electrons. The van der Waals surface area contributed by atoms with Crippen molar-refractivity contribution in [2.45, 2.75) is 43.8 Å². The third kappa shape index (κ3) is 3.82. The lowest BCUT2D eigenvalue weighted by molar-refractivity contribution is -0.384. The predicted octanol–water partition coefficient (Wildman–Crippen LogP) is 3.61. The van der Waals surface area contributed by atoms with Crippen molar-refractivity contribution in [3.05, 3.63) is 28.3 Å². The van der Waals surface area contributed by atoms with Gasteiger partial charge in [0, 0.05) is 19.2 Å². The van der Waals surface area contributed by atoms with Crippen molar-refractivity contribution in [3.8, 4) is 0 Å². The van der Waals surface area contributed by atoms with E-state index in [9.17, 15) is 27.3 Å². The molecule has 0 saturated carbocycles. The van der Waals surface area contributed by atoms with E-state index in [1.807, 2.05) is 4.90 Å². The number of nitro groups is 1. The molecule has 0 aliphatic carbocycles. The lowest BCUT2D eigenvalue weighted by atomic mass is 9.85. The van der Waals surface area contributed by atoms with Gasteiger partial charge in [-0.2, -0.15) is 8.78 Å². The average molecular weight is 362 g/mol. The monoisotopic (exact) mass is 362 g/mol. The zero-order chi connectivity index (χ0) is 18.1. The Morgan fingerprint density at radius 3 is 2.50 bits per heavy atom. The Balaban J connectivity index is 2.43. The van der Waals surface area contributed by atoms with Gasteiger partial charge in [-0.1, -0.05) is 13.8 Å². The molecular formula is C15H20F2N2O4S. The van der Waals surface area contributed by atoms with Crippen LogP contribution in [0.5, 0.6) is 0 Å². The van der Waals surface area contributed by atoms with Crippen LogP contribution in [0, 0.1) is 15.5 Å². The summed E-state index contributed by atoms with van der Waals surface area (Å²) in [5.74, 6) is -3.61. The van der Waals surface area contributed by atoms with Crippen molar-refractivity contribution in [2.75, 3.05) is 18.0 Å². The number of alkyl halides is 2. The molecule has 1 saturated heterocycles. The molecule has 1 fully saturated rings. The van der Waals surface area contributed by atoms with E-state index >= 15 is 0 Å². The first kappa shape index (κ1) is 18.6. The quantitative estimate of drug-likeness (QED) is 0.604. The number of nitro benzene ring substituents is 1. The standard InChI is InChI=1S/C15H20F2N2O4S/c1-15(2)6-3-8-18(9-7-15)12-5-4-11(10-13(12)19(20)21)24(22,23)14(16)17/h4-5,10,14H,3,6-9H2,1-2H3. The smallest absolute Gasteiger partial charge is 0.341 e. The summed E-state index contributed by atoms with van der Waals surface area (Å²) in [5, 5.41) is 11.3. The number of sulfone groups is 1. The van der Waals surface area contributed by atoms with Crippen molar-refractivity contribution in [1.82, 2.24) is 0 Å². The highest BCUT2D eigenvalue weighted by Gasteiger charge is 2.31. The van der Waals surface area contributed by atoms with Gasteiger partial charge in [-0.15, -0.1) is 0 Å². The third-order valence-corrected chi connectivity index (χ3v) is 5.77. The van der Waals surface area contributed by atoms with E-state index in [1.165, 1.54) is 6.07 Å². The van der Waals surface area contributed by atoms with E-state index in [4.69, 9.17) is 0 Å². The normalized spacial score (nSPS) is 18.5. The van der Waals surface area contributed by atoms with Gasteiger partial charge < -0.3 is 4.90 Å². The van der Waals surface area contributed by atoms with Crippen LogP contribution in [0.1, 0.15) is 33.1 Å². The minimum atomic E-state index is -4.86. The number of halogens is 2. The number of nitrogens with zero attached hydrogens (tertiary/aromatic N) is 2. The van der Waals surface area contributed by atoms with E-state index in [0.29, 0.717) is 13.1 Å². The van der Waals surface area contributed by atoms with Gasteiger partial charge in [0.25, 0.3) is 5.69 Å².